The topological polar surface area (TPSA) is 74.5 Å². The van der Waals surface area contributed by atoms with Crippen molar-refractivity contribution >= 4 is 17.3 Å². The molecule has 2 heterocycles. The van der Waals surface area contributed by atoms with Crippen LogP contribution < -0.4 is 10.6 Å². The first-order chi connectivity index (χ1) is 9.10. The Hall–Kier alpha value is -1.82. The zero-order chi connectivity index (χ0) is 13.8. The average Bonchev–Trinajstić information content (AvgIpc) is 2.76. The van der Waals surface area contributed by atoms with Crippen molar-refractivity contribution in [1.29, 1.82) is 0 Å². The summed E-state index contributed by atoms with van der Waals surface area (Å²) in [5.74, 6) is 1.54. The first kappa shape index (κ1) is 13.6. The minimum absolute atomic E-state index is 0.130. The number of hydrogen-bond donors (Lipinski definition) is 3. The molecule has 19 heavy (non-hydrogen) atoms. The highest BCUT2D eigenvalue weighted by Crippen LogP contribution is 2.18. The molecule has 0 aliphatic rings. The summed E-state index contributed by atoms with van der Waals surface area (Å²) in [7, 11) is 0. The summed E-state index contributed by atoms with van der Waals surface area (Å²) in [6.07, 6.45) is 5.88. The second kappa shape index (κ2) is 5.88. The number of aromatic nitrogens is 3. The second-order valence-electron chi connectivity index (χ2n) is 4.79. The Bertz CT molecular complexity index is 537. The molecule has 0 aliphatic heterocycles. The zero-order valence-electron chi connectivity index (χ0n) is 11.6. The molecule has 2 unspecified atom stereocenters. The molecule has 0 radical (unpaired) electrons. The van der Waals surface area contributed by atoms with Crippen LogP contribution in [0.1, 0.15) is 27.2 Å². The van der Waals surface area contributed by atoms with Crippen LogP contribution in [0.2, 0.25) is 0 Å². The molecule has 2 aromatic rings. The third-order valence-corrected chi connectivity index (χ3v) is 2.81. The van der Waals surface area contributed by atoms with E-state index < -0.39 is 0 Å². The number of imidazole rings is 1. The van der Waals surface area contributed by atoms with Crippen molar-refractivity contribution in [2.75, 3.05) is 17.2 Å². The lowest BCUT2D eigenvalue weighted by Crippen LogP contribution is -2.22. The summed E-state index contributed by atoms with van der Waals surface area (Å²) in [5, 5.41) is 15.9. The van der Waals surface area contributed by atoms with Gasteiger partial charge in [-0.05, 0) is 27.2 Å². The van der Waals surface area contributed by atoms with Gasteiger partial charge in [0.15, 0.2) is 11.5 Å². The molecule has 2 aromatic heterocycles. The van der Waals surface area contributed by atoms with E-state index in [0.29, 0.717) is 6.42 Å². The van der Waals surface area contributed by atoms with Crippen molar-refractivity contribution in [3.8, 4) is 0 Å². The number of fused-ring (bicyclic) bond motifs is 1. The van der Waals surface area contributed by atoms with E-state index in [1.54, 1.807) is 13.1 Å². The molecule has 6 nitrogen and oxygen atoms in total. The number of rotatable bonds is 6. The van der Waals surface area contributed by atoms with Gasteiger partial charge >= 0.3 is 0 Å². The molecule has 0 saturated carbocycles. The minimum atomic E-state index is -0.338. The SMILES string of the molecule is CCNc1cn2ccnc2c(NC(C)CC(C)O)n1. The van der Waals surface area contributed by atoms with Crippen LogP contribution >= 0.6 is 0 Å². The number of hydrogen-bond acceptors (Lipinski definition) is 5. The average molecular weight is 263 g/mol. The van der Waals surface area contributed by atoms with Crippen molar-refractivity contribution in [2.24, 2.45) is 0 Å². The van der Waals surface area contributed by atoms with Gasteiger partial charge < -0.3 is 20.1 Å². The van der Waals surface area contributed by atoms with Crippen LogP contribution in [0, 0.1) is 0 Å². The van der Waals surface area contributed by atoms with E-state index in [0.717, 1.165) is 23.8 Å². The van der Waals surface area contributed by atoms with Crippen molar-refractivity contribution in [3.05, 3.63) is 18.6 Å². The summed E-state index contributed by atoms with van der Waals surface area (Å²) in [5.41, 5.74) is 0.791. The van der Waals surface area contributed by atoms with Crippen molar-refractivity contribution in [2.45, 2.75) is 39.3 Å². The number of aliphatic hydroxyl groups is 1. The Balaban J connectivity index is 2.26. The van der Waals surface area contributed by atoms with Crippen molar-refractivity contribution < 1.29 is 5.11 Å². The van der Waals surface area contributed by atoms with Crippen molar-refractivity contribution in [3.63, 3.8) is 0 Å². The molecule has 3 N–H and O–H groups in total. The Labute approximate surface area is 112 Å². The number of anilines is 2. The summed E-state index contributed by atoms with van der Waals surface area (Å²) in [4.78, 5) is 8.82. The molecule has 0 bridgehead atoms. The van der Waals surface area contributed by atoms with Gasteiger partial charge in [0.1, 0.15) is 5.82 Å². The highest BCUT2D eigenvalue weighted by molar-refractivity contribution is 5.65. The van der Waals surface area contributed by atoms with Crippen LogP contribution in [0.4, 0.5) is 11.6 Å². The van der Waals surface area contributed by atoms with E-state index in [4.69, 9.17) is 0 Å². The minimum Gasteiger partial charge on any atom is -0.393 e. The third kappa shape index (κ3) is 3.35. The lowest BCUT2D eigenvalue weighted by molar-refractivity contribution is 0.179. The molecule has 2 atom stereocenters. The summed E-state index contributed by atoms with van der Waals surface area (Å²) in [6.45, 7) is 6.65. The highest BCUT2D eigenvalue weighted by Gasteiger charge is 2.11. The molecule has 0 fully saturated rings. The molecule has 0 saturated heterocycles. The molecule has 0 spiro atoms. The molecule has 6 heteroatoms. The van der Waals surface area contributed by atoms with E-state index in [2.05, 4.69) is 20.6 Å². The van der Waals surface area contributed by atoms with Gasteiger partial charge in [0.2, 0.25) is 0 Å². The van der Waals surface area contributed by atoms with Gasteiger partial charge in [-0.15, -0.1) is 0 Å². The molecular weight excluding hydrogens is 242 g/mol. The standard InChI is InChI=1S/C13H21N5O/c1-4-14-11-8-18-6-5-15-13(18)12(17-11)16-9(2)7-10(3)19/h5-6,8-10,14,19H,4,7H2,1-3H3,(H,16,17). The summed E-state index contributed by atoms with van der Waals surface area (Å²) < 4.78 is 1.93. The molecule has 2 rings (SSSR count). The zero-order valence-corrected chi connectivity index (χ0v) is 11.6. The predicted octanol–water partition coefficient (Wildman–Crippen LogP) is 1.73. The second-order valence-corrected chi connectivity index (χ2v) is 4.79. The number of nitrogens with zero attached hydrogens (tertiary/aromatic N) is 3. The van der Waals surface area contributed by atoms with Crippen LogP contribution in [-0.4, -0.2) is 38.2 Å². The fourth-order valence-corrected chi connectivity index (χ4v) is 2.10. The molecule has 0 aromatic carbocycles. The summed E-state index contributed by atoms with van der Waals surface area (Å²) >= 11 is 0. The quantitative estimate of drug-likeness (QED) is 0.740. The predicted molar refractivity (Wildman–Crippen MR) is 76.5 cm³/mol. The van der Waals surface area contributed by atoms with Gasteiger partial charge in [0, 0.05) is 25.0 Å². The maximum atomic E-state index is 9.42. The van der Waals surface area contributed by atoms with Gasteiger partial charge in [-0.3, -0.25) is 0 Å². The Morgan fingerprint density at radius 2 is 2.21 bits per heavy atom. The van der Waals surface area contributed by atoms with E-state index in [1.165, 1.54) is 0 Å². The first-order valence-electron chi connectivity index (χ1n) is 6.62. The molecule has 0 amide bonds. The van der Waals surface area contributed by atoms with Crippen LogP contribution in [0.5, 0.6) is 0 Å². The van der Waals surface area contributed by atoms with E-state index in [1.807, 2.05) is 30.6 Å². The Kier molecular flexibility index (Phi) is 4.21. The first-order valence-corrected chi connectivity index (χ1v) is 6.62. The van der Waals surface area contributed by atoms with Gasteiger partial charge in [-0.2, -0.15) is 0 Å². The van der Waals surface area contributed by atoms with E-state index in [-0.39, 0.29) is 12.1 Å². The van der Waals surface area contributed by atoms with Crippen LogP contribution in [0.15, 0.2) is 18.6 Å². The van der Waals surface area contributed by atoms with Crippen LogP contribution in [0.25, 0.3) is 5.65 Å². The van der Waals surface area contributed by atoms with Crippen molar-refractivity contribution in [1.82, 2.24) is 14.4 Å². The smallest absolute Gasteiger partial charge is 0.180 e. The highest BCUT2D eigenvalue weighted by atomic mass is 16.3. The van der Waals surface area contributed by atoms with Crippen LogP contribution in [0.3, 0.4) is 0 Å². The van der Waals surface area contributed by atoms with Gasteiger partial charge in [0.25, 0.3) is 0 Å². The van der Waals surface area contributed by atoms with E-state index in [9.17, 15) is 5.11 Å². The maximum absolute atomic E-state index is 9.42. The monoisotopic (exact) mass is 263 g/mol. The summed E-state index contributed by atoms with van der Waals surface area (Å²) in [6, 6.07) is 0.130. The number of nitrogens with one attached hydrogen (secondary N) is 2. The van der Waals surface area contributed by atoms with Crippen LogP contribution in [-0.2, 0) is 0 Å². The fourth-order valence-electron chi connectivity index (χ4n) is 2.10. The Morgan fingerprint density at radius 3 is 2.89 bits per heavy atom. The maximum Gasteiger partial charge on any atom is 0.180 e. The van der Waals surface area contributed by atoms with Gasteiger partial charge in [-0.25, -0.2) is 9.97 Å². The van der Waals surface area contributed by atoms with Gasteiger partial charge in [-0.1, -0.05) is 0 Å². The molecular formula is C13H21N5O. The third-order valence-electron chi connectivity index (χ3n) is 2.81. The largest absolute Gasteiger partial charge is 0.393 e. The normalized spacial score (nSPS) is 14.3. The Morgan fingerprint density at radius 1 is 1.42 bits per heavy atom. The lowest BCUT2D eigenvalue weighted by atomic mass is 10.1. The van der Waals surface area contributed by atoms with Gasteiger partial charge in [0.05, 0.1) is 12.3 Å². The lowest BCUT2D eigenvalue weighted by Gasteiger charge is -2.17. The fraction of sp³-hybridized carbons (Fsp3) is 0.538. The molecule has 104 valence electrons. The number of aliphatic hydroxyl groups excluding tert-OH is 1. The molecule has 0 aliphatic carbocycles. The van der Waals surface area contributed by atoms with E-state index >= 15 is 0 Å².